The van der Waals surface area contributed by atoms with Crippen LogP contribution in [-0.4, -0.2) is 21.0 Å². The molecule has 2 aromatic carbocycles. The van der Waals surface area contributed by atoms with E-state index >= 15 is 0 Å². The van der Waals surface area contributed by atoms with E-state index in [0.29, 0.717) is 11.5 Å². The van der Waals surface area contributed by atoms with E-state index < -0.39 is 5.97 Å². The molecule has 3 rings (SSSR count). The number of carbonyl (C=O) groups is 1. The molecule has 0 aliphatic carbocycles. The van der Waals surface area contributed by atoms with Crippen LogP contribution in [0.5, 0.6) is 0 Å². The van der Waals surface area contributed by atoms with Crippen LogP contribution < -0.4 is 5.32 Å². The van der Waals surface area contributed by atoms with Gasteiger partial charge in [0.1, 0.15) is 0 Å². The Morgan fingerprint density at radius 1 is 1.27 bits per heavy atom. The molecule has 0 unspecified atom stereocenters. The number of nitriles is 1. The maximum atomic E-state index is 10.6. The van der Waals surface area contributed by atoms with E-state index in [4.69, 9.17) is 10.4 Å². The van der Waals surface area contributed by atoms with Crippen LogP contribution in [0.15, 0.2) is 42.5 Å². The van der Waals surface area contributed by atoms with Crippen LogP contribution in [0.3, 0.4) is 0 Å². The summed E-state index contributed by atoms with van der Waals surface area (Å²) < 4.78 is 0. The first kappa shape index (κ1) is 13.6. The third-order valence-electron chi connectivity index (χ3n) is 3.18. The number of H-pyrrole nitrogens is 1. The largest absolute Gasteiger partial charge is 0.481 e. The maximum Gasteiger partial charge on any atom is 0.307 e. The standard InChI is InChI=1S/C16H12N4O2/c17-9-11-3-6-13-14(7-11)20-16(19-13)18-12-4-1-10(2-5-12)8-15(21)22/h1-7H,8H2,(H,21,22)(H2,18,19,20). The fraction of sp³-hybridized carbons (Fsp3) is 0.0625. The van der Waals surface area contributed by atoms with Gasteiger partial charge in [0.2, 0.25) is 5.95 Å². The third kappa shape index (κ3) is 2.88. The van der Waals surface area contributed by atoms with Gasteiger partial charge in [-0.15, -0.1) is 0 Å². The fourth-order valence-corrected chi connectivity index (χ4v) is 2.16. The van der Waals surface area contributed by atoms with Crippen molar-refractivity contribution in [3.05, 3.63) is 53.6 Å². The zero-order valence-corrected chi connectivity index (χ0v) is 11.5. The molecule has 3 N–H and O–H groups in total. The normalized spacial score (nSPS) is 10.3. The Morgan fingerprint density at radius 3 is 2.73 bits per heavy atom. The number of nitrogens with zero attached hydrogens (tertiary/aromatic N) is 2. The Balaban J connectivity index is 1.80. The van der Waals surface area contributed by atoms with Crippen molar-refractivity contribution in [1.29, 1.82) is 5.26 Å². The van der Waals surface area contributed by atoms with Crippen molar-refractivity contribution < 1.29 is 9.90 Å². The van der Waals surface area contributed by atoms with Gasteiger partial charge in [-0.05, 0) is 35.9 Å². The van der Waals surface area contributed by atoms with E-state index in [9.17, 15) is 4.79 Å². The minimum atomic E-state index is -0.855. The van der Waals surface area contributed by atoms with Gasteiger partial charge >= 0.3 is 5.97 Å². The number of imidazole rings is 1. The van der Waals surface area contributed by atoms with Gasteiger partial charge in [0, 0.05) is 5.69 Å². The zero-order chi connectivity index (χ0) is 15.5. The summed E-state index contributed by atoms with van der Waals surface area (Å²) in [7, 11) is 0. The molecule has 22 heavy (non-hydrogen) atoms. The van der Waals surface area contributed by atoms with Crippen LogP contribution in [0.1, 0.15) is 11.1 Å². The van der Waals surface area contributed by atoms with E-state index in [2.05, 4.69) is 21.4 Å². The molecule has 0 bridgehead atoms. The minimum Gasteiger partial charge on any atom is -0.481 e. The van der Waals surface area contributed by atoms with Crippen LogP contribution in [0.2, 0.25) is 0 Å². The van der Waals surface area contributed by atoms with Crippen molar-refractivity contribution in [2.24, 2.45) is 0 Å². The number of fused-ring (bicyclic) bond motifs is 1. The molecule has 3 aromatic rings. The molecule has 1 aromatic heterocycles. The zero-order valence-electron chi connectivity index (χ0n) is 11.5. The lowest BCUT2D eigenvalue weighted by molar-refractivity contribution is -0.136. The predicted molar refractivity (Wildman–Crippen MR) is 81.9 cm³/mol. The SMILES string of the molecule is N#Cc1ccc2nc(Nc3ccc(CC(=O)O)cc3)[nH]c2c1. The molecular formula is C16H12N4O2. The van der Waals surface area contributed by atoms with Crippen LogP contribution >= 0.6 is 0 Å². The van der Waals surface area contributed by atoms with Gasteiger partial charge in [0.25, 0.3) is 0 Å². The topological polar surface area (TPSA) is 102 Å². The molecule has 6 heteroatoms. The number of rotatable bonds is 4. The Morgan fingerprint density at radius 2 is 2.05 bits per heavy atom. The first-order valence-electron chi connectivity index (χ1n) is 6.62. The van der Waals surface area contributed by atoms with Crippen molar-refractivity contribution in [3.8, 4) is 6.07 Å². The lowest BCUT2D eigenvalue weighted by Gasteiger charge is -2.03. The number of hydrogen-bond acceptors (Lipinski definition) is 4. The molecule has 0 aliphatic rings. The predicted octanol–water partition coefficient (Wildman–Crippen LogP) is 2.81. The van der Waals surface area contributed by atoms with Crippen molar-refractivity contribution in [1.82, 2.24) is 9.97 Å². The highest BCUT2D eigenvalue weighted by molar-refractivity contribution is 5.80. The molecule has 0 fully saturated rings. The van der Waals surface area contributed by atoms with Gasteiger partial charge in [0.05, 0.1) is 29.1 Å². The molecule has 6 nitrogen and oxygen atoms in total. The molecule has 0 radical (unpaired) electrons. The van der Waals surface area contributed by atoms with Crippen LogP contribution in [0.25, 0.3) is 11.0 Å². The van der Waals surface area contributed by atoms with E-state index in [1.807, 2.05) is 0 Å². The second-order valence-corrected chi connectivity index (χ2v) is 4.82. The third-order valence-corrected chi connectivity index (χ3v) is 3.18. The smallest absolute Gasteiger partial charge is 0.307 e. The number of hydrogen-bond donors (Lipinski definition) is 3. The van der Waals surface area contributed by atoms with Gasteiger partial charge in [-0.1, -0.05) is 12.1 Å². The summed E-state index contributed by atoms with van der Waals surface area (Å²) in [6.45, 7) is 0. The van der Waals surface area contributed by atoms with Crippen LogP contribution in [-0.2, 0) is 11.2 Å². The number of aromatic amines is 1. The average Bonchev–Trinajstić information content (AvgIpc) is 2.89. The van der Waals surface area contributed by atoms with Gasteiger partial charge < -0.3 is 15.4 Å². The van der Waals surface area contributed by atoms with Crippen LogP contribution in [0.4, 0.5) is 11.6 Å². The van der Waals surface area contributed by atoms with Gasteiger partial charge in [-0.25, -0.2) is 4.98 Å². The molecule has 0 saturated heterocycles. The van der Waals surface area contributed by atoms with E-state index in [1.54, 1.807) is 42.5 Å². The van der Waals surface area contributed by atoms with Gasteiger partial charge in [-0.2, -0.15) is 5.26 Å². The van der Waals surface area contributed by atoms with Crippen molar-refractivity contribution in [2.45, 2.75) is 6.42 Å². The Bertz CT molecular complexity index is 875. The summed E-state index contributed by atoms with van der Waals surface area (Å²) in [6.07, 6.45) is 0.00184. The molecule has 0 atom stereocenters. The van der Waals surface area contributed by atoms with E-state index in [0.717, 1.165) is 22.3 Å². The van der Waals surface area contributed by atoms with Gasteiger partial charge in [-0.3, -0.25) is 4.79 Å². The molecule has 108 valence electrons. The summed E-state index contributed by atoms with van der Waals surface area (Å²) in [5.41, 5.74) is 3.66. The van der Waals surface area contributed by atoms with Crippen molar-refractivity contribution >= 4 is 28.6 Å². The van der Waals surface area contributed by atoms with Gasteiger partial charge in [0.15, 0.2) is 0 Å². The summed E-state index contributed by atoms with van der Waals surface area (Å²) in [5.74, 6) is -0.289. The quantitative estimate of drug-likeness (QED) is 0.686. The van der Waals surface area contributed by atoms with E-state index in [-0.39, 0.29) is 6.42 Å². The number of carboxylic acids is 1. The summed E-state index contributed by atoms with van der Waals surface area (Å²) in [5, 5.41) is 20.7. The second kappa shape index (κ2) is 5.58. The lowest BCUT2D eigenvalue weighted by atomic mass is 10.1. The summed E-state index contributed by atoms with van der Waals surface area (Å²) in [6, 6.07) is 14.4. The molecule has 0 aliphatic heterocycles. The summed E-state index contributed by atoms with van der Waals surface area (Å²) in [4.78, 5) is 18.1. The Labute approximate surface area is 126 Å². The number of carboxylic acid groups (broad SMARTS) is 1. The molecule has 0 spiro atoms. The first-order chi connectivity index (χ1) is 10.6. The monoisotopic (exact) mass is 292 g/mol. The number of nitrogens with one attached hydrogen (secondary N) is 2. The fourth-order valence-electron chi connectivity index (χ4n) is 2.16. The number of aromatic nitrogens is 2. The maximum absolute atomic E-state index is 10.6. The lowest BCUT2D eigenvalue weighted by Crippen LogP contribution is -2.00. The minimum absolute atomic E-state index is 0.00184. The Kier molecular flexibility index (Phi) is 3.46. The van der Waals surface area contributed by atoms with E-state index in [1.165, 1.54) is 0 Å². The van der Waals surface area contributed by atoms with Crippen molar-refractivity contribution in [3.63, 3.8) is 0 Å². The average molecular weight is 292 g/mol. The highest BCUT2D eigenvalue weighted by Crippen LogP contribution is 2.19. The second-order valence-electron chi connectivity index (χ2n) is 4.82. The first-order valence-corrected chi connectivity index (χ1v) is 6.62. The highest BCUT2D eigenvalue weighted by Gasteiger charge is 2.05. The van der Waals surface area contributed by atoms with Crippen molar-refractivity contribution in [2.75, 3.05) is 5.32 Å². The number of benzene rings is 2. The number of anilines is 2. The van der Waals surface area contributed by atoms with Crippen LogP contribution in [0, 0.1) is 11.3 Å². The highest BCUT2D eigenvalue weighted by atomic mass is 16.4. The molecule has 1 heterocycles. The molecule has 0 amide bonds. The molecule has 0 saturated carbocycles. The Hall–Kier alpha value is -3.33. The molecular weight excluding hydrogens is 280 g/mol. The summed E-state index contributed by atoms with van der Waals surface area (Å²) >= 11 is 0. The number of aliphatic carboxylic acids is 1.